The summed E-state index contributed by atoms with van der Waals surface area (Å²) in [6, 6.07) is 9.12. The quantitative estimate of drug-likeness (QED) is 0.755. The first-order valence-electron chi connectivity index (χ1n) is 8.41. The van der Waals surface area contributed by atoms with Gasteiger partial charge in [0.1, 0.15) is 0 Å². The molecule has 0 saturated carbocycles. The highest BCUT2D eigenvalue weighted by atomic mass is 16.2. The normalized spacial score (nSPS) is 11.7. The molecular formula is C19H26N4O2. The molecule has 3 amide bonds. The lowest BCUT2D eigenvalue weighted by atomic mass is 10.1. The summed E-state index contributed by atoms with van der Waals surface area (Å²) in [5.41, 5.74) is 3.35. The van der Waals surface area contributed by atoms with Crippen molar-refractivity contribution in [1.29, 1.82) is 0 Å². The summed E-state index contributed by atoms with van der Waals surface area (Å²) >= 11 is 0. The number of rotatable bonds is 6. The standard InChI is InChI=1S/C19H26N4O2/c1-13-12-15(18(24)20-3)8-10-17(13)22-19(25)21-14(2)7-9-16-6-5-11-23(16)4/h5-6,8,10-12,14H,7,9H2,1-4H3,(H,20,24)(H2,21,22,25)/t14-/m0/s1. The molecule has 0 unspecified atom stereocenters. The zero-order valence-corrected chi connectivity index (χ0v) is 15.2. The van der Waals surface area contributed by atoms with E-state index >= 15 is 0 Å². The highest BCUT2D eigenvalue weighted by Crippen LogP contribution is 2.16. The van der Waals surface area contributed by atoms with Crippen LogP contribution in [0.3, 0.4) is 0 Å². The zero-order chi connectivity index (χ0) is 18.4. The number of anilines is 1. The van der Waals surface area contributed by atoms with E-state index in [1.165, 1.54) is 5.69 Å². The first kappa shape index (κ1) is 18.6. The van der Waals surface area contributed by atoms with Crippen molar-refractivity contribution in [3.63, 3.8) is 0 Å². The fraction of sp³-hybridized carbons (Fsp3) is 0.368. The van der Waals surface area contributed by atoms with E-state index in [0.717, 1.165) is 18.4 Å². The van der Waals surface area contributed by atoms with Crippen LogP contribution in [0.2, 0.25) is 0 Å². The molecule has 2 rings (SSSR count). The van der Waals surface area contributed by atoms with Crippen LogP contribution in [0.4, 0.5) is 10.5 Å². The van der Waals surface area contributed by atoms with Crippen LogP contribution >= 0.6 is 0 Å². The van der Waals surface area contributed by atoms with E-state index in [4.69, 9.17) is 0 Å². The molecule has 25 heavy (non-hydrogen) atoms. The van der Waals surface area contributed by atoms with Crippen LogP contribution < -0.4 is 16.0 Å². The Morgan fingerprint density at radius 1 is 1.24 bits per heavy atom. The van der Waals surface area contributed by atoms with Crippen molar-refractivity contribution >= 4 is 17.6 Å². The summed E-state index contributed by atoms with van der Waals surface area (Å²) in [6.45, 7) is 3.85. The first-order chi connectivity index (χ1) is 11.9. The van der Waals surface area contributed by atoms with Gasteiger partial charge in [-0.05, 0) is 62.6 Å². The van der Waals surface area contributed by atoms with E-state index in [9.17, 15) is 9.59 Å². The summed E-state index contributed by atoms with van der Waals surface area (Å²) in [5, 5.41) is 8.37. The van der Waals surface area contributed by atoms with Gasteiger partial charge in [0, 0.05) is 43.3 Å². The largest absolute Gasteiger partial charge is 0.355 e. The average Bonchev–Trinajstić information content (AvgIpc) is 2.99. The maximum absolute atomic E-state index is 12.2. The number of carbonyl (C=O) groups is 2. The minimum Gasteiger partial charge on any atom is -0.355 e. The van der Waals surface area contributed by atoms with Gasteiger partial charge in [0.25, 0.3) is 5.91 Å². The van der Waals surface area contributed by atoms with Crippen LogP contribution in [0, 0.1) is 6.92 Å². The highest BCUT2D eigenvalue weighted by Gasteiger charge is 2.11. The predicted molar refractivity (Wildman–Crippen MR) is 99.9 cm³/mol. The van der Waals surface area contributed by atoms with E-state index in [1.54, 1.807) is 25.2 Å². The van der Waals surface area contributed by atoms with E-state index in [-0.39, 0.29) is 18.0 Å². The van der Waals surface area contributed by atoms with Crippen LogP contribution in [0.15, 0.2) is 36.5 Å². The lowest BCUT2D eigenvalue weighted by Crippen LogP contribution is -2.36. The monoisotopic (exact) mass is 342 g/mol. The van der Waals surface area contributed by atoms with Crippen molar-refractivity contribution in [1.82, 2.24) is 15.2 Å². The molecule has 0 fully saturated rings. The number of nitrogens with one attached hydrogen (secondary N) is 3. The second-order valence-corrected chi connectivity index (χ2v) is 6.26. The number of urea groups is 1. The minimum absolute atomic E-state index is 0.0559. The lowest BCUT2D eigenvalue weighted by molar-refractivity contribution is 0.0963. The highest BCUT2D eigenvalue weighted by molar-refractivity contribution is 5.96. The Balaban J connectivity index is 1.87. The molecule has 134 valence electrons. The van der Waals surface area contributed by atoms with Crippen molar-refractivity contribution in [2.45, 2.75) is 32.7 Å². The molecule has 0 aliphatic rings. The maximum Gasteiger partial charge on any atom is 0.319 e. The Morgan fingerprint density at radius 3 is 2.60 bits per heavy atom. The smallest absolute Gasteiger partial charge is 0.319 e. The summed E-state index contributed by atoms with van der Waals surface area (Å²) in [6.07, 6.45) is 3.79. The Kier molecular flexibility index (Phi) is 6.22. The third-order valence-electron chi connectivity index (χ3n) is 4.23. The number of hydrogen-bond donors (Lipinski definition) is 3. The van der Waals surface area contributed by atoms with Crippen molar-refractivity contribution < 1.29 is 9.59 Å². The van der Waals surface area contributed by atoms with Gasteiger partial charge in [-0.3, -0.25) is 4.79 Å². The van der Waals surface area contributed by atoms with Gasteiger partial charge in [0.05, 0.1) is 0 Å². The number of nitrogens with zero attached hydrogens (tertiary/aromatic N) is 1. The lowest BCUT2D eigenvalue weighted by Gasteiger charge is -2.16. The molecular weight excluding hydrogens is 316 g/mol. The SMILES string of the molecule is CNC(=O)c1ccc(NC(=O)N[C@@H](C)CCc2cccn2C)c(C)c1. The van der Waals surface area contributed by atoms with E-state index in [2.05, 4.69) is 26.6 Å². The van der Waals surface area contributed by atoms with Crippen LogP contribution in [-0.4, -0.2) is 29.6 Å². The summed E-state index contributed by atoms with van der Waals surface area (Å²) in [7, 11) is 3.61. The van der Waals surface area contributed by atoms with E-state index < -0.39 is 0 Å². The fourth-order valence-corrected chi connectivity index (χ4v) is 2.66. The number of amides is 3. The third kappa shape index (κ3) is 5.11. The number of aromatic nitrogens is 1. The van der Waals surface area contributed by atoms with Gasteiger partial charge in [-0.15, -0.1) is 0 Å². The number of aryl methyl sites for hydroxylation is 3. The first-order valence-corrected chi connectivity index (χ1v) is 8.41. The van der Waals surface area contributed by atoms with Gasteiger partial charge in [-0.1, -0.05) is 0 Å². The van der Waals surface area contributed by atoms with Gasteiger partial charge in [-0.2, -0.15) is 0 Å². The molecule has 2 aromatic rings. The van der Waals surface area contributed by atoms with Crippen molar-refractivity contribution in [2.75, 3.05) is 12.4 Å². The van der Waals surface area contributed by atoms with Gasteiger partial charge < -0.3 is 20.5 Å². The van der Waals surface area contributed by atoms with Gasteiger partial charge >= 0.3 is 6.03 Å². The number of benzene rings is 1. The fourth-order valence-electron chi connectivity index (χ4n) is 2.66. The van der Waals surface area contributed by atoms with E-state index in [1.807, 2.05) is 33.2 Å². The van der Waals surface area contributed by atoms with Gasteiger partial charge in [0.15, 0.2) is 0 Å². The molecule has 1 atom stereocenters. The molecule has 0 saturated heterocycles. The molecule has 1 aromatic heterocycles. The molecule has 3 N–H and O–H groups in total. The molecule has 1 heterocycles. The molecule has 0 spiro atoms. The second kappa shape index (κ2) is 8.37. The Morgan fingerprint density at radius 2 is 2.00 bits per heavy atom. The summed E-state index contributed by atoms with van der Waals surface area (Å²) < 4.78 is 2.09. The minimum atomic E-state index is -0.241. The third-order valence-corrected chi connectivity index (χ3v) is 4.23. The zero-order valence-electron chi connectivity index (χ0n) is 15.2. The molecule has 0 bridgehead atoms. The summed E-state index contributed by atoms with van der Waals surface area (Å²) in [4.78, 5) is 23.8. The predicted octanol–water partition coefficient (Wildman–Crippen LogP) is 2.84. The van der Waals surface area contributed by atoms with Crippen LogP contribution in [0.5, 0.6) is 0 Å². The Hall–Kier alpha value is -2.76. The molecule has 0 radical (unpaired) electrons. The molecule has 0 aliphatic carbocycles. The Bertz CT molecular complexity index is 752. The van der Waals surface area contributed by atoms with Crippen LogP contribution in [0.1, 0.15) is 35.0 Å². The van der Waals surface area contributed by atoms with Gasteiger partial charge in [-0.25, -0.2) is 4.79 Å². The van der Waals surface area contributed by atoms with Crippen molar-refractivity contribution in [2.24, 2.45) is 7.05 Å². The second-order valence-electron chi connectivity index (χ2n) is 6.26. The molecule has 1 aromatic carbocycles. The van der Waals surface area contributed by atoms with E-state index in [0.29, 0.717) is 11.3 Å². The molecule has 0 aliphatic heterocycles. The molecule has 6 heteroatoms. The van der Waals surface area contributed by atoms with Gasteiger partial charge in [0.2, 0.25) is 0 Å². The van der Waals surface area contributed by atoms with Crippen LogP contribution in [0.25, 0.3) is 0 Å². The number of hydrogen-bond acceptors (Lipinski definition) is 2. The molecule has 6 nitrogen and oxygen atoms in total. The Labute approximate surface area is 148 Å². The van der Waals surface area contributed by atoms with Crippen molar-refractivity contribution in [3.05, 3.63) is 53.3 Å². The summed E-state index contributed by atoms with van der Waals surface area (Å²) in [5.74, 6) is -0.145. The topological polar surface area (TPSA) is 75.2 Å². The maximum atomic E-state index is 12.2. The number of carbonyl (C=O) groups excluding carboxylic acids is 2. The van der Waals surface area contributed by atoms with Crippen LogP contribution in [-0.2, 0) is 13.5 Å². The van der Waals surface area contributed by atoms with Crippen molar-refractivity contribution in [3.8, 4) is 0 Å². The average molecular weight is 342 g/mol.